The number of hydrogen-bond acceptors (Lipinski definition) is 4. The van der Waals surface area contributed by atoms with Crippen molar-refractivity contribution >= 4 is 11.9 Å². The van der Waals surface area contributed by atoms with Crippen LogP contribution >= 0.6 is 0 Å². The van der Waals surface area contributed by atoms with Crippen molar-refractivity contribution in [3.8, 4) is 0 Å². The van der Waals surface area contributed by atoms with Crippen molar-refractivity contribution in [3.05, 3.63) is 35.4 Å². The summed E-state index contributed by atoms with van der Waals surface area (Å²) in [4.78, 5) is 20.8. The topological polar surface area (TPSA) is 57.2 Å². The number of methoxy groups -OCH3 is 1. The molecule has 3 unspecified atom stereocenters. The van der Waals surface area contributed by atoms with Crippen LogP contribution in [0.15, 0.2) is 29.3 Å². The number of carbonyl (C=O) groups is 1. The van der Waals surface area contributed by atoms with Gasteiger partial charge in [-0.3, -0.25) is 9.79 Å². The molecule has 27 heavy (non-hydrogen) atoms. The molecular formula is C21H34N4O2. The van der Waals surface area contributed by atoms with Gasteiger partial charge in [0.15, 0.2) is 5.96 Å². The summed E-state index contributed by atoms with van der Waals surface area (Å²) in [6.45, 7) is 6.46. The first-order valence-corrected chi connectivity index (χ1v) is 9.69. The fraction of sp³-hybridized carbons (Fsp3) is 0.619. The molecule has 0 saturated carbocycles. The summed E-state index contributed by atoms with van der Waals surface area (Å²) in [5.41, 5.74) is 2.63. The monoisotopic (exact) mass is 374 g/mol. The third kappa shape index (κ3) is 5.22. The van der Waals surface area contributed by atoms with Gasteiger partial charge in [-0.1, -0.05) is 38.1 Å². The van der Waals surface area contributed by atoms with Crippen LogP contribution in [0.5, 0.6) is 0 Å². The third-order valence-electron chi connectivity index (χ3n) is 5.48. The van der Waals surface area contributed by atoms with Gasteiger partial charge < -0.3 is 19.9 Å². The molecular weight excluding hydrogens is 340 g/mol. The summed E-state index contributed by atoms with van der Waals surface area (Å²) in [5.74, 6) is 0.856. The Morgan fingerprint density at radius 2 is 2.00 bits per heavy atom. The van der Waals surface area contributed by atoms with Gasteiger partial charge in [0.25, 0.3) is 0 Å². The van der Waals surface area contributed by atoms with Crippen LogP contribution in [-0.2, 0) is 16.0 Å². The number of esters is 1. The number of hydrogen-bond donors (Lipinski definition) is 1. The summed E-state index contributed by atoms with van der Waals surface area (Å²) < 4.78 is 4.94. The standard InChI is InChI=1S/C21H34N4O2/c1-7-16-8-10-17(11-9-16)19(24(4)5)12-23-21(22-3)25-13-15(2)18(14-25)20(26)27-6/h8-11,15,18-19H,7,12-14H2,1-6H3,(H,22,23). The van der Waals surface area contributed by atoms with Crippen LogP contribution in [0.2, 0.25) is 0 Å². The zero-order valence-corrected chi connectivity index (χ0v) is 17.5. The number of ether oxygens (including phenoxy) is 1. The molecule has 1 aromatic rings. The van der Waals surface area contributed by atoms with Crippen molar-refractivity contribution in [3.63, 3.8) is 0 Å². The number of guanidine groups is 1. The van der Waals surface area contributed by atoms with E-state index < -0.39 is 0 Å². The van der Waals surface area contributed by atoms with Gasteiger partial charge in [0.2, 0.25) is 0 Å². The first-order valence-electron chi connectivity index (χ1n) is 9.69. The second-order valence-electron chi connectivity index (χ2n) is 7.51. The highest BCUT2D eigenvalue weighted by molar-refractivity contribution is 5.82. The summed E-state index contributed by atoms with van der Waals surface area (Å²) >= 11 is 0. The number of aryl methyl sites for hydroxylation is 1. The van der Waals surface area contributed by atoms with Crippen molar-refractivity contribution in [2.24, 2.45) is 16.8 Å². The maximum Gasteiger partial charge on any atom is 0.310 e. The molecule has 0 aromatic heterocycles. The van der Waals surface area contributed by atoms with Crippen LogP contribution in [0.4, 0.5) is 0 Å². The highest BCUT2D eigenvalue weighted by Gasteiger charge is 2.37. The van der Waals surface area contributed by atoms with Crippen molar-refractivity contribution in [2.75, 3.05) is 47.9 Å². The average Bonchev–Trinajstić information content (AvgIpc) is 3.06. The van der Waals surface area contributed by atoms with Crippen molar-refractivity contribution < 1.29 is 9.53 Å². The molecule has 1 saturated heterocycles. The molecule has 6 heteroatoms. The van der Waals surface area contributed by atoms with Gasteiger partial charge in [0.1, 0.15) is 0 Å². The van der Waals surface area contributed by atoms with Gasteiger partial charge in [0, 0.05) is 26.7 Å². The molecule has 0 spiro atoms. The van der Waals surface area contributed by atoms with E-state index in [-0.39, 0.29) is 23.8 Å². The summed E-state index contributed by atoms with van der Waals surface area (Å²) in [7, 11) is 7.43. The summed E-state index contributed by atoms with van der Waals surface area (Å²) in [5, 5.41) is 3.50. The molecule has 0 bridgehead atoms. The van der Waals surface area contributed by atoms with E-state index in [1.165, 1.54) is 18.2 Å². The molecule has 1 aromatic carbocycles. The second-order valence-corrected chi connectivity index (χ2v) is 7.51. The minimum atomic E-state index is -0.136. The van der Waals surface area contributed by atoms with Crippen molar-refractivity contribution in [1.82, 2.24) is 15.1 Å². The van der Waals surface area contributed by atoms with Crippen LogP contribution < -0.4 is 5.32 Å². The Bertz CT molecular complexity index is 642. The highest BCUT2D eigenvalue weighted by atomic mass is 16.5. The molecule has 150 valence electrons. The molecule has 1 aliphatic heterocycles. The number of benzene rings is 1. The molecule has 1 aliphatic rings. The van der Waals surface area contributed by atoms with E-state index in [1.54, 1.807) is 7.05 Å². The fourth-order valence-corrected chi connectivity index (χ4v) is 3.69. The van der Waals surface area contributed by atoms with E-state index in [0.717, 1.165) is 25.5 Å². The van der Waals surface area contributed by atoms with Crippen molar-refractivity contribution in [2.45, 2.75) is 26.3 Å². The van der Waals surface area contributed by atoms with Crippen molar-refractivity contribution in [1.29, 1.82) is 0 Å². The second kappa shape index (κ2) is 9.74. The van der Waals surface area contributed by atoms with Gasteiger partial charge in [-0.2, -0.15) is 0 Å². The predicted octanol–water partition coefficient (Wildman–Crippen LogP) is 2.17. The SMILES string of the molecule is CCc1ccc(C(CNC(=NC)N2CC(C)C(C(=O)OC)C2)N(C)C)cc1. The predicted molar refractivity (Wildman–Crippen MR) is 110 cm³/mol. The Morgan fingerprint density at radius 3 is 2.52 bits per heavy atom. The minimum Gasteiger partial charge on any atom is -0.469 e. The Balaban J connectivity index is 2.03. The molecule has 0 amide bonds. The normalized spacial score (nSPS) is 21.4. The van der Waals surface area contributed by atoms with Crippen LogP contribution in [0.25, 0.3) is 0 Å². The lowest BCUT2D eigenvalue weighted by atomic mass is 9.99. The maximum atomic E-state index is 12.0. The zero-order chi connectivity index (χ0) is 20.0. The number of nitrogens with zero attached hydrogens (tertiary/aromatic N) is 3. The average molecular weight is 375 g/mol. The lowest BCUT2D eigenvalue weighted by molar-refractivity contribution is -0.145. The van der Waals surface area contributed by atoms with Gasteiger partial charge in [0.05, 0.1) is 19.1 Å². The number of carbonyl (C=O) groups excluding carboxylic acids is 1. The molecule has 6 nitrogen and oxygen atoms in total. The smallest absolute Gasteiger partial charge is 0.310 e. The molecule has 2 rings (SSSR count). The van der Waals surface area contributed by atoms with Gasteiger partial charge in [-0.15, -0.1) is 0 Å². The third-order valence-corrected chi connectivity index (χ3v) is 5.48. The molecule has 1 N–H and O–H groups in total. The van der Waals surface area contributed by atoms with E-state index >= 15 is 0 Å². The highest BCUT2D eigenvalue weighted by Crippen LogP contribution is 2.24. The molecule has 0 aliphatic carbocycles. The molecule has 1 heterocycles. The zero-order valence-electron chi connectivity index (χ0n) is 17.5. The Kier molecular flexibility index (Phi) is 7.66. The van der Waals surface area contributed by atoms with Crippen LogP contribution in [0.3, 0.4) is 0 Å². The summed E-state index contributed by atoms with van der Waals surface area (Å²) in [6.07, 6.45) is 1.05. The number of aliphatic imine (C=N–C) groups is 1. The van der Waals surface area contributed by atoms with E-state index in [4.69, 9.17) is 4.74 Å². The number of likely N-dealkylation sites (tertiary alicyclic amines) is 1. The Hall–Kier alpha value is -2.08. The first kappa shape index (κ1) is 21.2. The fourth-order valence-electron chi connectivity index (χ4n) is 3.69. The maximum absolute atomic E-state index is 12.0. The quantitative estimate of drug-likeness (QED) is 0.470. The van der Waals surface area contributed by atoms with Crippen LogP contribution in [0, 0.1) is 11.8 Å². The van der Waals surface area contributed by atoms with E-state index in [9.17, 15) is 4.79 Å². The van der Waals surface area contributed by atoms with Crippen LogP contribution in [-0.4, -0.2) is 69.6 Å². The Labute approximate surface area is 163 Å². The lowest BCUT2D eigenvalue weighted by Gasteiger charge is -2.28. The van der Waals surface area contributed by atoms with E-state index in [2.05, 4.69) is 72.3 Å². The minimum absolute atomic E-state index is 0.0974. The number of likely N-dealkylation sites (N-methyl/N-ethyl adjacent to an activating group) is 1. The van der Waals surface area contributed by atoms with Gasteiger partial charge in [-0.05, 0) is 37.6 Å². The Morgan fingerprint density at radius 1 is 1.33 bits per heavy atom. The molecule has 0 radical (unpaired) electrons. The first-order chi connectivity index (χ1) is 12.9. The number of nitrogens with one attached hydrogen (secondary N) is 1. The molecule has 1 fully saturated rings. The molecule has 3 atom stereocenters. The van der Waals surface area contributed by atoms with E-state index in [0.29, 0.717) is 6.54 Å². The lowest BCUT2D eigenvalue weighted by Crippen LogP contribution is -2.43. The van der Waals surface area contributed by atoms with E-state index in [1.807, 2.05) is 0 Å². The number of rotatable bonds is 6. The largest absolute Gasteiger partial charge is 0.469 e. The van der Waals surface area contributed by atoms with Gasteiger partial charge in [-0.25, -0.2) is 0 Å². The van der Waals surface area contributed by atoms with Gasteiger partial charge >= 0.3 is 5.97 Å². The summed E-state index contributed by atoms with van der Waals surface area (Å²) in [6, 6.07) is 9.05. The van der Waals surface area contributed by atoms with Crippen LogP contribution in [0.1, 0.15) is 31.0 Å².